The fraction of sp³-hybridized carbons (Fsp3) is 0.385. The van der Waals surface area contributed by atoms with Crippen LogP contribution in [0.3, 0.4) is 0 Å². The average molecular weight is 539 g/mol. The Bertz CT molecular complexity index is 1380. The van der Waals surface area contributed by atoms with Crippen LogP contribution in [0.15, 0.2) is 53.5 Å². The molecule has 0 aliphatic carbocycles. The molecule has 0 amide bonds. The fourth-order valence-corrected chi connectivity index (χ4v) is 4.79. The highest BCUT2D eigenvalue weighted by Gasteiger charge is 2.17. The van der Waals surface area contributed by atoms with E-state index in [9.17, 15) is 13.4 Å². The van der Waals surface area contributed by atoms with E-state index in [0.29, 0.717) is 40.5 Å². The third-order valence-electron chi connectivity index (χ3n) is 5.99. The third kappa shape index (κ3) is 6.62. The zero-order chi connectivity index (χ0) is 27.1. The van der Waals surface area contributed by atoms with Crippen LogP contribution in [-0.4, -0.2) is 77.8 Å². The predicted octanol–water partition coefficient (Wildman–Crippen LogP) is 4.03. The molecule has 2 atom stereocenters. The number of alkyl halides is 1. The lowest BCUT2D eigenvalue weighted by Gasteiger charge is -2.14. The number of hydrogen-bond donors (Lipinski definition) is 1. The van der Waals surface area contributed by atoms with Crippen LogP contribution >= 0.6 is 0 Å². The van der Waals surface area contributed by atoms with Crippen LogP contribution in [0.1, 0.15) is 43.5 Å². The Morgan fingerprint density at radius 3 is 2.61 bits per heavy atom. The van der Waals surface area contributed by atoms with Crippen LogP contribution in [0.2, 0.25) is 0 Å². The van der Waals surface area contributed by atoms with Crippen LogP contribution in [-0.2, 0) is 11.2 Å². The molecule has 0 spiro atoms. The number of hydrogen-bond acceptors (Lipinski definition) is 7. The normalized spacial score (nSPS) is 16.3. The summed E-state index contributed by atoms with van der Waals surface area (Å²) in [5.41, 5.74) is 2.55. The van der Waals surface area contributed by atoms with Gasteiger partial charge in [-0.1, -0.05) is 19.1 Å². The number of aromatic nitrogens is 5. The second-order valence-electron chi connectivity index (χ2n) is 8.92. The number of allylic oxidation sites excluding steroid dienone is 4. The van der Waals surface area contributed by atoms with Crippen molar-refractivity contribution in [2.75, 3.05) is 31.6 Å². The molecule has 1 saturated heterocycles. The summed E-state index contributed by atoms with van der Waals surface area (Å²) in [5.74, 6) is 0.400. The number of aromatic amines is 1. The average Bonchev–Trinajstić information content (AvgIpc) is 3.60. The zero-order valence-electron chi connectivity index (χ0n) is 21.7. The Morgan fingerprint density at radius 1 is 1.21 bits per heavy atom. The van der Waals surface area contributed by atoms with Gasteiger partial charge in [0.05, 0.1) is 23.2 Å². The molecule has 1 aliphatic rings. The van der Waals surface area contributed by atoms with E-state index in [4.69, 9.17) is 0 Å². The number of fused-ring (bicyclic) bond motifs is 1. The van der Waals surface area contributed by atoms with Gasteiger partial charge in [-0.25, -0.2) is 32.8 Å². The van der Waals surface area contributed by atoms with Crippen molar-refractivity contribution in [2.45, 2.75) is 39.3 Å². The summed E-state index contributed by atoms with van der Waals surface area (Å²) in [5, 5.41) is 0. The number of halogens is 1. The molecule has 12 heteroatoms. The molecule has 0 saturated carbocycles. The van der Waals surface area contributed by atoms with Gasteiger partial charge < -0.3 is 9.88 Å². The Balaban J connectivity index is 1.48. The number of rotatable bonds is 11. The van der Waals surface area contributed by atoms with Crippen molar-refractivity contribution in [3.05, 3.63) is 54.7 Å². The van der Waals surface area contributed by atoms with Gasteiger partial charge in [0.1, 0.15) is 11.7 Å². The topological polar surface area (TPSA) is 120 Å². The maximum Gasteiger partial charge on any atom is 0.225 e. The smallest absolute Gasteiger partial charge is 0.225 e. The van der Waals surface area contributed by atoms with Crippen molar-refractivity contribution in [1.29, 1.82) is 0 Å². The minimum absolute atomic E-state index is 0.0314. The van der Waals surface area contributed by atoms with Gasteiger partial charge >= 0.3 is 0 Å². The summed E-state index contributed by atoms with van der Waals surface area (Å²) in [6, 6.07) is 0. The van der Waals surface area contributed by atoms with Crippen molar-refractivity contribution in [3.8, 4) is 11.3 Å². The van der Waals surface area contributed by atoms with Crippen molar-refractivity contribution in [1.82, 2.24) is 29.2 Å². The fourth-order valence-electron chi connectivity index (χ4n) is 3.93. The molecular formula is C26H31FN8O2S. The summed E-state index contributed by atoms with van der Waals surface area (Å²) >= 11 is -1.68. The quantitative estimate of drug-likeness (QED) is 0.169. The third-order valence-corrected chi connectivity index (χ3v) is 7.07. The number of carbonyl (C=O) groups excluding carboxylic acids is 1. The molecule has 1 fully saturated rings. The highest BCUT2D eigenvalue weighted by molar-refractivity contribution is 7.81. The van der Waals surface area contributed by atoms with E-state index < -0.39 is 17.3 Å². The Morgan fingerprint density at radius 2 is 1.92 bits per heavy atom. The summed E-state index contributed by atoms with van der Waals surface area (Å²) in [6.45, 7) is 5.77. The van der Waals surface area contributed by atoms with E-state index in [1.54, 1.807) is 31.8 Å². The second kappa shape index (κ2) is 12.7. The van der Waals surface area contributed by atoms with Crippen LogP contribution in [0.5, 0.6) is 0 Å². The standard InChI is InChI=1S/C26H31FN8O2S/c1-4-11-34(3)38(37)33-21(18(2)27)9-5-6-10-23(36)20-16-28-25-24(20)32-22(17-29-25)19-14-30-26(31-15-19)35-12-7-8-13-35/h5-6,9-10,14-18H,4,7-8,11-13H2,1-3H3,(H,28,29)/b9-5-,10-6+,33-21?. The van der Waals surface area contributed by atoms with E-state index in [2.05, 4.69) is 34.2 Å². The first-order valence-corrected chi connectivity index (χ1v) is 13.6. The summed E-state index contributed by atoms with van der Waals surface area (Å²) in [4.78, 5) is 36.0. The van der Waals surface area contributed by atoms with Gasteiger partial charge in [-0.2, -0.15) is 4.40 Å². The molecule has 4 rings (SSSR count). The Hall–Kier alpha value is -3.64. The molecule has 1 aliphatic heterocycles. The van der Waals surface area contributed by atoms with Gasteiger partial charge in [-0.05, 0) is 38.3 Å². The molecule has 1 N–H and O–H groups in total. The lowest BCUT2D eigenvalue weighted by Crippen LogP contribution is -2.22. The Labute approximate surface area is 223 Å². The van der Waals surface area contributed by atoms with Crippen LogP contribution in [0, 0.1) is 0 Å². The first kappa shape index (κ1) is 27.4. The number of nitrogens with zero attached hydrogens (tertiary/aromatic N) is 7. The van der Waals surface area contributed by atoms with Crippen molar-refractivity contribution >= 4 is 39.8 Å². The molecule has 38 heavy (non-hydrogen) atoms. The predicted molar refractivity (Wildman–Crippen MR) is 148 cm³/mol. The maximum atomic E-state index is 14.0. The Kier molecular flexibility index (Phi) is 9.19. The molecular weight excluding hydrogens is 507 g/mol. The zero-order valence-corrected chi connectivity index (χ0v) is 22.5. The van der Waals surface area contributed by atoms with Crippen LogP contribution < -0.4 is 4.90 Å². The number of anilines is 1. The number of carbonyl (C=O) groups is 1. The SMILES string of the molecule is CCCN(C)S(=O)N=C(/C=C\C=C\C(=O)c1c[nH]c2ncc(-c3cnc(N4CCCC4)nc3)nc12)C(C)F. The monoisotopic (exact) mass is 538 g/mol. The number of nitrogens with one attached hydrogen (secondary N) is 1. The van der Waals surface area contributed by atoms with Crippen LogP contribution in [0.4, 0.5) is 10.3 Å². The van der Waals surface area contributed by atoms with E-state index in [0.717, 1.165) is 32.4 Å². The van der Waals surface area contributed by atoms with Crippen molar-refractivity contribution in [2.24, 2.45) is 4.40 Å². The lowest BCUT2D eigenvalue weighted by atomic mass is 10.1. The number of H-pyrrole nitrogens is 1. The summed E-state index contributed by atoms with van der Waals surface area (Å²) < 4.78 is 31.7. The molecule has 0 aromatic carbocycles. The molecule has 0 bridgehead atoms. The molecule has 200 valence electrons. The minimum Gasteiger partial charge on any atom is -0.344 e. The first-order chi connectivity index (χ1) is 18.4. The molecule has 10 nitrogen and oxygen atoms in total. The van der Waals surface area contributed by atoms with Crippen molar-refractivity contribution in [3.63, 3.8) is 0 Å². The van der Waals surface area contributed by atoms with Crippen LogP contribution in [0.25, 0.3) is 22.4 Å². The van der Waals surface area contributed by atoms with Gasteiger partial charge in [-0.3, -0.25) is 4.79 Å². The van der Waals surface area contributed by atoms with E-state index in [1.807, 2.05) is 6.92 Å². The summed E-state index contributed by atoms with van der Waals surface area (Å²) in [7, 11) is 1.66. The molecule has 0 radical (unpaired) electrons. The first-order valence-electron chi connectivity index (χ1n) is 12.5. The molecule has 4 heterocycles. The second-order valence-corrected chi connectivity index (χ2v) is 10.2. The van der Waals surface area contributed by atoms with Gasteiger partial charge in [0.25, 0.3) is 0 Å². The highest BCUT2D eigenvalue weighted by Crippen LogP contribution is 2.22. The summed E-state index contributed by atoms with van der Waals surface area (Å²) in [6.07, 6.45) is 14.0. The highest BCUT2D eigenvalue weighted by atomic mass is 32.2. The van der Waals surface area contributed by atoms with Gasteiger partial charge in [0, 0.05) is 50.8 Å². The minimum atomic E-state index is -1.68. The molecule has 2 unspecified atom stereocenters. The lowest BCUT2D eigenvalue weighted by molar-refractivity contribution is 0.104. The molecule has 3 aromatic rings. The van der Waals surface area contributed by atoms with Gasteiger partial charge in [0.2, 0.25) is 17.1 Å². The van der Waals surface area contributed by atoms with Crippen molar-refractivity contribution < 1.29 is 13.4 Å². The van der Waals surface area contributed by atoms with E-state index >= 15 is 0 Å². The molecule has 3 aromatic heterocycles. The largest absolute Gasteiger partial charge is 0.344 e. The van der Waals surface area contributed by atoms with Gasteiger partial charge in [0.15, 0.2) is 11.4 Å². The van der Waals surface area contributed by atoms with E-state index in [1.165, 1.54) is 35.5 Å². The number of ketones is 1. The van der Waals surface area contributed by atoms with Gasteiger partial charge in [-0.15, -0.1) is 0 Å². The maximum absolute atomic E-state index is 14.0. The van der Waals surface area contributed by atoms with E-state index in [-0.39, 0.29) is 11.5 Å².